The van der Waals surface area contributed by atoms with Crippen molar-refractivity contribution < 1.29 is 17.9 Å². The number of nitrogens with zero attached hydrogens (tertiary/aromatic N) is 2. The van der Waals surface area contributed by atoms with E-state index < -0.39 is 11.9 Å². The van der Waals surface area contributed by atoms with E-state index in [1.165, 1.54) is 6.07 Å². The number of ether oxygens (including phenoxy) is 1. The molecule has 19 heavy (non-hydrogen) atoms. The zero-order chi connectivity index (χ0) is 14.0. The van der Waals surface area contributed by atoms with E-state index in [0.29, 0.717) is 11.4 Å². The Bertz CT molecular complexity index is 599. The molecule has 0 aliphatic carbocycles. The summed E-state index contributed by atoms with van der Waals surface area (Å²) < 4.78 is 42.7. The molecule has 7 heteroatoms. The summed E-state index contributed by atoms with van der Waals surface area (Å²) in [6.07, 6.45) is -3.54. The molecule has 0 unspecified atom stereocenters. The zero-order valence-corrected chi connectivity index (χ0v) is 9.90. The summed E-state index contributed by atoms with van der Waals surface area (Å²) in [6, 6.07) is 5.26. The van der Waals surface area contributed by atoms with Gasteiger partial charge >= 0.3 is 12.2 Å². The molecule has 0 saturated carbocycles. The van der Waals surface area contributed by atoms with Crippen molar-refractivity contribution >= 4 is 5.69 Å². The van der Waals surface area contributed by atoms with Gasteiger partial charge in [-0.05, 0) is 24.6 Å². The number of anilines is 1. The molecule has 2 N–H and O–H groups in total. The molecule has 1 aromatic heterocycles. The number of rotatable bonds is 2. The van der Waals surface area contributed by atoms with Crippen molar-refractivity contribution in [3.8, 4) is 11.8 Å². The molecule has 0 bridgehead atoms. The maximum atomic E-state index is 12.5. The van der Waals surface area contributed by atoms with Gasteiger partial charge in [-0.3, -0.25) is 0 Å². The van der Waals surface area contributed by atoms with Crippen LogP contribution in [-0.4, -0.2) is 9.97 Å². The van der Waals surface area contributed by atoms with Gasteiger partial charge in [0.05, 0.1) is 0 Å². The zero-order valence-electron chi connectivity index (χ0n) is 9.90. The summed E-state index contributed by atoms with van der Waals surface area (Å²) >= 11 is 0. The van der Waals surface area contributed by atoms with Gasteiger partial charge in [0.1, 0.15) is 5.75 Å². The number of nitrogens with two attached hydrogens (primary N) is 1. The average Bonchev–Trinajstić information content (AvgIpc) is 2.33. The maximum absolute atomic E-state index is 12.5. The Kier molecular flexibility index (Phi) is 3.28. The van der Waals surface area contributed by atoms with E-state index in [2.05, 4.69) is 9.97 Å². The molecule has 0 spiro atoms. The van der Waals surface area contributed by atoms with Crippen LogP contribution in [0.25, 0.3) is 0 Å². The van der Waals surface area contributed by atoms with Gasteiger partial charge in [0.15, 0.2) is 5.69 Å². The number of nitrogen functional groups attached to an aromatic ring is 1. The average molecular weight is 269 g/mol. The summed E-state index contributed by atoms with van der Waals surface area (Å²) in [5.41, 5.74) is 5.68. The molecule has 1 aromatic carbocycles. The van der Waals surface area contributed by atoms with Crippen molar-refractivity contribution in [2.24, 2.45) is 0 Å². The van der Waals surface area contributed by atoms with Crippen LogP contribution >= 0.6 is 0 Å². The number of benzene rings is 1. The molecule has 100 valence electrons. The van der Waals surface area contributed by atoms with E-state index in [1.54, 1.807) is 19.1 Å². The normalized spacial score (nSPS) is 11.4. The van der Waals surface area contributed by atoms with E-state index in [1.807, 2.05) is 0 Å². The molecule has 0 amide bonds. The smallest absolute Gasteiger partial charge is 0.424 e. The maximum Gasteiger partial charge on any atom is 0.433 e. The highest BCUT2D eigenvalue weighted by molar-refractivity contribution is 5.48. The van der Waals surface area contributed by atoms with E-state index in [4.69, 9.17) is 10.5 Å². The van der Waals surface area contributed by atoms with Crippen LogP contribution in [0.5, 0.6) is 11.8 Å². The summed E-state index contributed by atoms with van der Waals surface area (Å²) in [4.78, 5) is 6.96. The summed E-state index contributed by atoms with van der Waals surface area (Å²) in [7, 11) is 0. The second-order valence-electron chi connectivity index (χ2n) is 3.85. The van der Waals surface area contributed by atoms with E-state index in [9.17, 15) is 13.2 Å². The number of aromatic nitrogens is 2. The quantitative estimate of drug-likeness (QED) is 0.850. The minimum atomic E-state index is -4.54. The molecule has 4 nitrogen and oxygen atoms in total. The van der Waals surface area contributed by atoms with Gasteiger partial charge in [-0.25, -0.2) is 4.98 Å². The van der Waals surface area contributed by atoms with Gasteiger partial charge in [0.25, 0.3) is 0 Å². The monoisotopic (exact) mass is 269 g/mol. The molecular formula is C12H10F3N3O. The number of alkyl halides is 3. The van der Waals surface area contributed by atoms with Crippen molar-refractivity contribution in [3.05, 3.63) is 41.7 Å². The van der Waals surface area contributed by atoms with Crippen molar-refractivity contribution in [2.45, 2.75) is 13.1 Å². The Balaban J connectivity index is 2.31. The lowest BCUT2D eigenvalue weighted by molar-refractivity contribution is -0.141. The fourth-order valence-corrected chi connectivity index (χ4v) is 1.37. The molecular weight excluding hydrogens is 259 g/mol. The summed E-state index contributed by atoms with van der Waals surface area (Å²) in [5.74, 6) is 0.319. The lowest BCUT2D eigenvalue weighted by Crippen LogP contribution is -2.09. The standard InChI is InChI=1S/C12H10F3N3O/c1-7-2-3-8(16)6-9(7)19-11-17-5-4-10(18-11)12(13,14)15/h2-6H,16H2,1H3. The van der Waals surface area contributed by atoms with Crippen LogP contribution in [-0.2, 0) is 6.18 Å². The van der Waals surface area contributed by atoms with Gasteiger partial charge in [-0.2, -0.15) is 18.2 Å². The molecule has 2 aromatic rings. The minimum absolute atomic E-state index is 0.319. The highest BCUT2D eigenvalue weighted by Crippen LogP contribution is 2.30. The predicted octanol–water partition coefficient (Wildman–Crippen LogP) is 3.18. The van der Waals surface area contributed by atoms with Gasteiger partial charge in [0.2, 0.25) is 0 Å². The van der Waals surface area contributed by atoms with Crippen LogP contribution in [0.1, 0.15) is 11.3 Å². The number of hydrogen-bond donors (Lipinski definition) is 1. The molecule has 0 aliphatic rings. The first-order valence-electron chi connectivity index (χ1n) is 5.30. The predicted molar refractivity (Wildman–Crippen MR) is 62.7 cm³/mol. The largest absolute Gasteiger partial charge is 0.433 e. The Morgan fingerprint density at radius 2 is 1.95 bits per heavy atom. The van der Waals surface area contributed by atoms with Crippen LogP contribution < -0.4 is 10.5 Å². The first-order chi connectivity index (χ1) is 8.86. The third-order valence-electron chi connectivity index (χ3n) is 2.34. The molecule has 1 heterocycles. The molecule has 0 atom stereocenters. The molecule has 2 rings (SSSR count). The summed E-state index contributed by atoms with van der Waals surface area (Å²) in [6.45, 7) is 1.74. The van der Waals surface area contributed by atoms with Crippen LogP contribution in [0.3, 0.4) is 0 Å². The molecule has 0 fully saturated rings. The van der Waals surface area contributed by atoms with Crippen LogP contribution in [0.2, 0.25) is 0 Å². The Morgan fingerprint density at radius 3 is 2.63 bits per heavy atom. The van der Waals surface area contributed by atoms with Gasteiger partial charge in [-0.1, -0.05) is 6.07 Å². The SMILES string of the molecule is Cc1ccc(N)cc1Oc1nccc(C(F)(F)F)n1. The van der Waals surface area contributed by atoms with Crippen LogP contribution in [0, 0.1) is 6.92 Å². The molecule has 0 radical (unpaired) electrons. The van der Waals surface area contributed by atoms with Crippen molar-refractivity contribution in [1.82, 2.24) is 9.97 Å². The second-order valence-corrected chi connectivity index (χ2v) is 3.85. The first-order valence-corrected chi connectivity index (χ1v) is 5.30. The molecule has 0 aliphatic heterocycles. The van der Waals surface area contributed by atoms with Crippen molar-refractivity contribution in [3.63, 3.8) is 0 Å². The van der Waals surface area contributed by atoms with Crippen molar-refractivity contribution in [2.75, 3.05) is 5.73 Å². The van der Waals surface area contributed by atoms with Crippen molar-refractivity contribution in [1.29, 1.82) is 0 Å². The lowest BCUT2D eigenvalue weighted by atomic mass is 10.2. The summed E-state index contributed by atoms with van der Waals surface area (Å²) in [5, 5.41) is 0. The van der Waals surface area contributed by atoms with Gasteiger partial charge < -0.3 is 10.5 Å². The lowest BCUT2D eigenvalue weighted by Gasteiger charge is -2.09. The third kappa shape index (κ3) is 3.12. The minimum Gasteiger partial charge on any atom is -0.424 e. The highest BCUT2D eigenvalue weighted by Gasteiger charge is 2.33. The number of halogens is 3. The Labute approximate surface area is 107 Å². The van der Waals surface area contributed by atoms with Crippen LogP contribution in [0.4, 0.5) is 18.9 Å². The van der Waals surface area contributed by atoms with E-state index in [-0.39, 0.29) is 6.01 Å². The fourth-order valence-electron chi connectivity index (χ4n) is 1.37. The third-order valence-corrected chi connectivity index (χ3v) is 2.34. The Morgan fingerprint density at radius 1 is 1.21 bits per heavy atom. The van der Waals surface area contributed by atoms with Gasteiger partial charge in [-0.15, -0.1) is 0 Å². The Hall–Kier alpha value is -2.31. The number of hydrogen-bond acceptors (Lipinski definition) is 4. The fraction of sp³-hybridized carbons (Fsp3) is 0.167. The topological polar surface area (TPSA) is 61.0 Å². The van der Waals surface area contributed by atoms with Crippen LogP contribution in [0.15, 0.2) is 30.5 Å². The van der Waals surface area contributed by atoms with Gasteiger partial charge in [0, 0.05) is 18.0 Å². The first kappa shape index (κ1) is 13.1. The van der Waals surface area contributed by atoms with E-state index in [0.717, 1.165) is 17.8 Å². The highest BCUT2D eigenvalue weighted by atomic mass is 19.4. The molecule has 0 saturated heterocycles. The second kappa shape index (κ2) is 4.75. The number of aryl methyl sites for hydroxylation is 1. The van der Waals surface area contributed by atoms with E-state index >= 15 is 0 Å².